The standard InChI is InChI=1S/C9H15NOS/c10-5-1-2-7-12-8-9-4-3-6-11-9/h9H,1-4,6-8H2. The molecule has 0 saturated carbocycles. The lowest BCUT2D eigenvalue weighted by atomic mass is 10.3. The Bertz CT molecular complexity index is 149. The predicted molar refractivity (Wildman–Crippen MR) is 51.1 cm³/mol. The molecule has 0 N–H and O–H groups in total. The molecule has 1 aliphatic heterocycles. The summed E-state index contributed by atoms with van der Waals surface area (Å²) >= 11 is 1.91. The van der Waals surface area contributed by atoms with Gasteiger partial charge >= 0.3 is 0 Å². The molecule has 0 radical (unpaired) electrons. The zero-order valence-corrected chi connectivity index (χ0v) is 8.11. The Balaban J connectivity index is 1.85. The topological polar surface area (TPSA) is 33.0 Å². The minimum atomic E-state index is 0.497. The van der Waals surface area contributed by atoms with Crippen LogP contribution in [0.5, 0.6) is 0 Å². The van der Waals surface area contributed by atoms with Gasteiger partial charge in [0.25, 0.3) is 0 Å². The van der Waals surface area contributed by atoms with Gasteiger partial charge in [-0.1, -0.05) is 0 Å². The van der Waals surface area contributed by atoms with Crippen LogP contribution in [0.25, 0.3) is 0 Å². The predicted octanol–water partition coefficient (Wildman–Crippen LogP) is 2.20. The highest BCUT2D eigenvalue weighted by Crippen LogP contribution is 2.17. The molecular weight excluding hydrogens is 170 g/mol. The van der Waals surface area contributed by atoms with Crippen LogP contribution in [0, 0.1) is 11.3 Å². The summed E-state index contributed by atoms with van der Waals surface area (Å²) < 4.78 is 5.47. The Morgan fingerprint density at radius 1 is 1.58 bits per heavy atom. The van der Waals surface area contributed by atoms with Crippen molar-refractivity contribution in [3.05, 3.63) is 0 Å². The molecule has 1 heterocycles. The van der Waals surface area contributed by atoms with Gasteiger partial charge in [-0.2, -0.15) is 17.0 Å². The SMILES string of the molecule is N#CCCCSCC1CCCO1. The van der Waals surface area contributed by atoms with Crippen LogP contribution in [0.15, 0.2) is 0 Å². The lowest BCUT2D eigenvalue weighted by Crippen LogP contribution is -2.08. The molecule has 12 heavy (non-hydrogen) atoms. The molecule has 1 atom stereocenters. The average Bonchev–Trinajstić information content (AvgIpc) is 2.57. The quantitative estimate of drug-likeness (QED) is 0.616. The Labute approximate surface area is 78.3 Å². The normalized spacial score (nSPS) is 22.4. The van der Waals surface area contributed by atoms with E-state index in [1.807, 2.05) is 11.8 Å². The van der Waals surface area contributed by atoms with Gasteiger partial charge in [0.15, 0.2) is 0 Å². The maximum Gasteiger partial charge on any atom is 0.0666 e. The minimum Gasteiger partial charge on any atom is -0.377 e. The molecule has 0 bridgehead atoms. The van der Waals surface area contributed by atoms with Crippen LogP contribution >= 0.6 is 11.8 Å². The minimum absolute atomic E-state index is 0.497. The lowest BCUT2D eigenvalue weighted by molar-refractivity contribution is 0.129. The molecule has 0 aliphatic carbocycles. The summed E-state index contributed by atoms with van der Waals surface area (Å²) in [6.45, 7) is 0.948. The molecule has 3 heteroatoms. The van der Waals surface area contributed by atoms with Gasteiger partial charge < -0.3 is 4.74 Å². The molecule has 0 aromatic heterocycles. The van der Waals surface area contributed by atoms with Crippen molar-refractivity contribution < 1.29 is 4.74 Å². The fraction of sp³-hybridized carbons (Fsp3) is 0.889. The zero-order chi connectivity index (χ0) is 8.65. The highest BCUT2D eigenvalue weighted by molar-refractivity contribution is 7.99. The first-order valence-electron chi connectivity index (χ1n) is 4.50. The molecule has 0 aromatic carbocycles. The summed E-state index contributed by atoms with van der Waals surface area (Å²) in [5.41, 5.74) is 0. The summed E-state index contributed by atoms with van der Waals surface area (Å²) in [5, 5.41) is 8.29. The highest BCUT2D eigenvalue weighted by atomic mass is 32.2. The average molecular weight is 185 g/mol. The van der Waals surface area contributed by atoms with Gasteiger partial charge in [0.05, 0.1) is 12.2 Å². The van der Waals surface area contributed by atoms with Crippen LogP contribution in [0.3, 0.4) is 0 Å². The molecule has 1 fully saturated rings. The number of rotatable bonds is 5. The molecule has 68 valence electrons. The molecule has 1 unspecified atom stereocenters. The molecular formula is C9H15NOS. The number of nitrogens with zero attached hydrogens (tertiary/aromatic N) is 1. The van der Waals surface area contributed by atoms with E-state index in [9.17, 15) is 0 Å². The van der Waals surface area contributed by atoms with Gasteiger partial charge in [-0.15, -0.1) is 0 Å². The van der Waals surface area contributed by atoms with Crippen LogP contribution in [0.2, 0.25) is 0 Å². The van der Waals surface area contributed by atoms with E-state index in [1.54, 1.807) is 0 Å². The molecule has 1 rings (SSSR count). The molecule has 2 nitrogen and oxygen atoms in total. The first kappa shape index (κ1) is 9.88. The van der Waals surface area contributed by atoms with E-state index in [-0.39, 0.29) is 0 Å². The number of hydrogen-bond acceptors (Lipinski definition) is 3. The van der Waals surface area contributed by atoms with Gasteiger partial charge in [-0.05, 0) is 25.0 Å². The lowest BCUT2D eigenvalue weighted by Gasteiger charge is -2.07. The Hall–Kier alpha value is -0.200. The van der Waals surface area contributed by atoms with E-state index in [2.05, 4.69) is 6.07 Å². The number of unbranched alkanes of at least 4 members (excludes halogenated alkanes) is 1. The Morgan fingerprint density at radius 3 is 3.17 bits per heavy atom. The largest absolute Gasteiger partial charge is 0.377 e. The summed E-state index contributed by atoms with van der Waals surface area (Å²) in [7, 11) is 0. The third-order valence-electron chi connectivity index (χ3n) is 1.90. The van der Waals surface area contributed by atoms with Gasteiger partial charge in [0, 0.05) is 18.8 Å². The van der Waals surface area contributed by atoms with E-state index >= 15 is 0 Å². The fourth-order valence-electron chi connectivity index (χ4n) is 1.24. The number of nitriles is 1. The maximum atomic E-state index is 8.29. The molecule has 0 aromatic rings. The smallest absolute Gasteiger partial charge is 0.0666 e. The van der Waals surface area contributed by atoms with Crippen LogP contribution in [-0.2, 0) is 4.74 Å². The van der Waals surface area contributed by atoms with Crippen LogP contribution in [-0.4, -0.2) is 24.2 Å². The van der Waals surface area contributed by atoms with Gasteiger partial charge in [0.1, 0.15) is 0 Å². The van der Waals surface area contributed by atoms with Crippen molar-refractivity contribution in [1.82, 2.24) is 0 Å². The van der Waals surface area contributed by atoms with E-state index in [0.29, 0.717) is 12.5 Å². The van der Waals surface area contributed by atoms with E-state index in [1.165, 1.54) is 12.8 Å². The van der Waals surface area contributed by atoms with Crippen molar-refractivity contribution in [3.8, 4) is 6.07 Å². The van der Waals surface area contributed by atoms with Crippen molar-refractivity contribution in [1.29, 1.82) is 5.26 Å². The first-order chi connectivity index (χ1) is 5.93. The van der Waals surface area contributed by atoms with Crippen LogP contribution in [0.4, 0.5) is 0 Å². The van der Waals surface area contributed by atoms with E-state index in [0.717, 1.165) is 24.5 Å². The number of hydrogen-bond donors (Lipinski definition) is 0. The highest BCUT2D eigenvalue weighted by Gasteiger charge is 2.14. The summed E-state index contributed by atoms with van der Waals surface area (Å²) in [6.07, 6.45) is 4.67. The maximum absolute atomic E-state index is 8.29. The first-order valence-corrected chi connectivity index (χ1v) is 5.65. The van der Waals surface area contributed by atoms with Crippen molar-refractivity contribution >= 4 is 11.8 Å². The van der Waals surface area contributed by atoms with Gasteiger partial charge in [0.2, 0.25) is 0 Å². The zero-order valence-electron chi connectivity index (χ0n) is 7.29. The Kier molecular flexibility index (Phi) is 5.21. The third-order valence-corrected chi connectivity index (χ3v) is 3.09. The molecule has 1 saturated heterocycles. The summed E-state index contributed by atoms with van der Waals surface area (Å²) in [4.78, 5) is 0. The van der Waals surface area contributed by atoms with Gasteiger partial charge in [-0.25, -0.2) is 0 Å². The third kappa shape index (κ3) is 3.99. The van der Waals surface area contributed by atoms with Gasteiger partial charge in [-0.3, -0.25) is 0 Å². The second-order valence-corrected chi connectivity index (χ2v) is 4.12. The molecule has 0 amide bonds. The van der Waals surface area contributed by atoms with E-state index in [4.69, 9.17) is 10.00 Å². The Morgan fingerprint density at radius 2 is 2.50 bits per heavy atom. The number of thioether (sulfide) groups is 1. The summed E-state index contributed by atoms with van der Waals surface area (Å²) in [5.74, 6) is 2.22. The molecule has 0 spiro atoms. The summed E-state index contributed by atoms with van der Waals surface area (Å²) in [6, 6.07) is 2.15. The monoisotopic (exact) mass is 185 g/mol. The number of ether oxygens (including phenoxy) is 1. The molecule has 1 aliphatic rings. The van der Waals surface area contributed by atoms with E-state index < -0.39 is 0 Å². The van der Waals surface area contributed by atoms with Crippen LogP contribution < -0.4 is 0 Å². The second-order valence-electron chi connectivity index (χ2n) is 2.97. The van der Waals surface area contributed by atoms with Crippen molar-refractivity contribution in [3.63, 3.8) is 0 Å². The van der Waals surface area contributed by atoms with Crippen molar-refractivity contribution in [2.45, 2.75) is 31.8 Å². The van der Waals surface area contributed by atoms with Crippen LogP contribution in [0.1, 0.15) is 25.7 Å². The van der Waals surface area contributed by atoms with Crippen molar-refractivity contribution in [2.24, 2.45) is 0 Å². The fourth-order valence-corrected chi connectivity index (χ4v) is 2.28. The second kappa shape index (κ2) is 6.33. The van der Waals surface area contributed by atoms with Crippen molar-refractivity contribution in [2.75, 3.05) is 18.1 Å².